The van der Waals surface area contributed by atoms with Gasteiger partial charge in [0, 0.05) is 6.61 Å². The van der Waals surface area contributed by atoms with E-state index in [2.05, 4.69) is 34.6 Å². The van der Waals surface area contributed by atoms with Gasteiger partial charge in [0.2, 0.25) is 0 Å². The first-order valence-corrected chi connectivity index (χ1v) is 5.03. The minimum atomic E-state index is 0.129. The van der Waals surface area contributed by atoms with E-state index in [1.165, 1.54) is 6.42 Å². The molecule has 0 aliphatic heterocycles. The molecular formula is C11H24O. The van der Waals surface area contributed by atoms with Gasteiger partial charge in [0.05, 0.1) is 0 Å². The molecule has 1 unspecified atom stereocenters. The van der Waals surface area contributed by atoms with E-state index in [4.69, 9.17) is 0 Å². The first-order chi connectivity index (χ1) is 5.42. The molecule has 0 heterocycles. The maximum absolute atomic E-state index is 9.27. The maximum Gasteiger partial charge on any atom is 0.0487 e. The Morgan fingerprint density at radius 2 is 1.67 bits per heavy atom. The summed E-state index contributed by atoms with van der Waals surface area (Å²) >= 11 is 0. The third kappa shape index (κ3) is 3.57. The Hall–Kier alpha value is -0.0400. The van der Waals surface area contributed by atoms with Gasteiger partial charge in [-0.05, 0) is 23.7 Å². The van der Waals surface area contributed by atoms with Gasteiger partial charge in [-0.2, -0.15) is 0 Å². The molecule has 1 N–H and O–H groups in total. The number of hydrogen-bond donors (Lipinski definition) is 1. The van der Waals surface area contributed by atoms with Crippen molar-refractivity contribution in [1.29, 1.82) is 0 Å². The molecule has 1 nitrogen and oxygen atoms in total. The Labute approximate surface area is 77.2 Å². The van der Waals surface area contributed by atoms with Gasteiger partial charge in [0.15, 0.2) is 0 Å². The van der Waals surface area contributed by atoms with Crippen molar-refractivity contribution in [2.75, 3.05) is 6.61 Å². The maximum atomic E-state index is 9.27. The third-order valence-electron chi connectivity index (χ3n) is 3.05. The lowest BCUT2D eigenvalue weighted by Crippen LogP contribution is -2.28. The zero-order valence-corrected chi connectivity index (χ0v) is 9.22. The van der Waals surface area contributed by atoms with Gasteiger partial charge in [-0.15, -0.1) is 0 Å². The number of rotatable bonds is 5. The van der Waals surface area contributed by atoms with Crippen LogP contribution in [0.2, 0.25) is 0 Å². The standard InChI is InChI=1S/C11H24O/c1-9(2)6-7-11(5,8-12)10(3)4/h9-10,12H,6-8H2,1-5H3. The Kier molecular flexibility index (Phi) is 4.84. The Morgan fingerprint density at radius 3 is 1.92 bits per heavy atom. The summed E-state index contributed by atoms with van der Waals surface area (Å²) in [6, 6.07) is 0. The molecule has 0 amide bonds. The smallest absolute Gasteiger partial charge is 0.0487 e. The molecule has 0 saturated carbocycles. The topological polar surface area (TPSA) is 20.2 Å². The third-order valence-corrected chi connectivity index (χ3v) is 3.05. The highest BCUT2D eigenvalue weighted by Crippen LogP contribution is 2.32. The molecular weight excluding hydrogens is 148 g/mol. The highest BCUT2D eigenvalue weighted by atomic mass is 16.3. The highest BCUT2D eigenvalue weighted by molar-refractivity contribution is 4.77. The molecule has 74 valence electrons. The zero-order chi connectivity index (χ0) is 9.78. The molecule has 0 aromatic rings. The normalized spacial score (nSPS) is 17.0. The molecule has 0 aromatic heterocycles. The Balaban J connectivity index is 3.97. The fourth-order valence-corrected chi connectivity index (χ4v) is 1.17. The van der Waals surface area contributed by atoms with Crippen LogP contribution in [0.4, 0.5) is 0 Å². The molecule has 0 fully saturated rings. The van der Waals surface area contributed by atoms with Crippen molar-refractivity contribution in [3.05, 3.63) is 0 Å². The first kappa shape index (κ1) is 12.0. The first-order valence-electron chi connectivity index (χ1n) is 5.03. The van der Waals surface area contributed by atoms with Gasteiger partial charge in [0.25, 0.3) is 0 Å². The predicted octanol–water partition coefficient (Wildman–Crippen LogP) is 3.08. The van der Waals surface area contributed by atoms with E-state index < -0.39 is 0 Å². The monoisotopic (exact) mass is 172 g/mol. The lowest BCUT2D eigenvalue weighted by atomic mass is 9.75. The van der Waals surface area contributed by atoms with Crippen molar-refractivity contribution in [2.24, 2.45) is 17.3 Å². The summed E-state index contributed by atoms with van der Waals surface area (Å²) in [5, 5.41) is 9.27. The van der Waals surface area contributed by atoms with Crippen LogP contribution in [0.15, 0.2) is 0 Å². The van der Waals surface area contributed by atoms with Crippen molar-refractivity contribution in [3.63, 3.8) is 0 Å². The van der Waals surface area contributed by atoms with Gasteiger partial charge in [-0.25, -0.2) is 0 Å². The summed E-state index contributed by atoms with van der Waals surface area (Å²) in [5.74, 6) is 1.32. The van der Waals surface area contributed by atoms with E-state index in [1.807, 2.05) is 0 Å². The minimum absolute atomic E-state index is 0.129. The Morgan fingerprint density at radius 1 is 1.17 bits per heavy atom. The molecule has 0 bridgehead atoms. The summed E-state index contributed by atoms with van der Waals surface area (Å²) in [6.45, 7) is 11.3. The van der Waals surface area contributed by atoms with Crippen molar-refractivity contribution >= 4 is 0 Å². The molecule has 0 saturated heterocycles. The lowest BCUT2D eigenvalue weighted by molar-refractivity contribution is 0.0796. The van der Waals surface area contributed by atoms with E-state index in [0.717, 1.165) is 12.3 Å². The van der Waals surface area contributed by atoms with Crippen molar-refractivity contribution < 1.29 is 5.11 Å². The number of aliphatic hydroxyl groups is 1. The molecule has 0 aliphatic rings. The zero-order valence-electron chi connectivity index (χ0n) is 9.22. The van der Waals surface area contributed by atoms with Gasteiger partial charge >= 0.3 is 0 Å². The van der Waals surface area contributed by atoms with Crippen molar-refractivity contribution in [1.82, 2.24) is 0 Å². The molecule has 0 aromatic carbocycles. The molecule has 0 rings (SSSR count). The van der Waals surface area contributed by atoms with Gasteiger partial charge in [0.1, 0.15) is 0 Å². The molecule has 0 radical (unpaired) electrons. The fourth-order valence-electron chi connectivity index (χ4n) is 1.17. The van der Waals surface area contributed by atoms with Crippen LogP contribution in [0.3, 0.4) is 0 Å². The summed E-state index contributed by atoms with van der Waals surface area (Å²) < 4.78 is 0. The average molecular weight is 172 g/mol. The minimum Gasteiger partial charge on any atom is -0.396 e. The van der Waals surface area contributed by atoms with Gasteiger partial charge in [-0.1, -0.05) is 41.0 Å². The summed E-state index contributed by atoms with van der Waals surface area (Å²) in [4.78, 5) is 0. The average Bonchev–Trinajstić information content (AvgIpc) is 1.99. The molecule has 12 heavy (non-hydrogen) atoms. The molecule has 0 aliphatic carbocycles. The van der Waals surface area contributed by atoms with Gasteiger partial charge < -0.3 is 5.11 Å². The highest BCUT2D eigenvalue weighted by Gasteiger charge is 2.26. The van der Waals surface area contributed by atoms with Crippen LogP contribution in [-0.4, -0.2) is 11.7 Å². The predicted molar refractivity (Wildman–Crippen MR) is 54.1 cm³/mol. The van der Waals surface area contributed by atoms with Crippen LogP contribution >= 0.6 is 0 Å². The van der Waals surface area contributed by atoms with E-state index in [1.54, 1.807) is 0 Å². The molecule has 0 spiro atoms. The second-order valence-corrected chi connectivity index (χ2v) is 4.90. The van der Waals surface area contributed by atoms with Crippen molar-refractivity contribution in [2.45, 2.75) is 47.5 Å². The van der Waals surface area contributed by atoms with Crippen LogP contribution in [0, 0.1) is 17.3 Å². The van der Waals surface area contributed by atoms with Crippen LogP contribution in [0.5, 0.6) is 0 Å². The largest absolute Gasteiger partial charge is 0.396 e. The quantitative estimate of drug-likeness (QED) is 0.675. The van der Waals surface area contributed by atoms with Crippen LogP contribution in [0.25, 0.3) is 0 Å². The van der Waals surface area contributed by atoms with Crippen LogP contribution in [0.1, 0.15) is 47.5 Å². The molecule has 1 heteroatoms. The van der Waals surface area contributed by atoms with E-state index >= 15 is 0 Å². The number of aliphatic hydroxyl groups excluding tert-OH is 1. The van der Waals surface area contributed by atoms with Gasteiger partial charge in [-0.3, -0.25) is 0 Å². The second-order valence-electron chi connectivity index (χ2n) is 4.90. The van der Waals surface area contributed by atoms with E-state index in [-0.39, 0.29) is 5.41 Å². The fraction of sp³-hybridized carbons (Fsp3) is 1.00. The van der Waals surface area contributed by atoms with E-state index in [9.17, 15) is 5.11 Å². The second kappa shape index (κ2) is 4.86. The van der Waals surface area contributed by atoms with Crippen LogP contribution in [-0.2, 0) is 0 Å². The van der Waals surface area contributed by atoms with Crippen LogP contribution < -0.4 is 0 Å². The lowest BCUT2D eigenvalue weighted by Gasteiger charge is -2.32. The van der Waals surface area contributed by atoms with Crippen molar-refractivity contribution in [3.8, 4) is 0 Å². The molecule has 1 atom stereocenters. The Bertz CT molecular complexity index is 118. The van der Waals surface area contributed by atoms with E-state index in [0.29, 0.717) is 12.5 Å². The summed E-state index contributed by atoms with van der Waals surface area (Å²) in [7, 11) is 0. The SMILES string of the molecule is CC(C)CCC(C)(CO)C(C)C. The summed E-state index contributed by atoms with van der Waals surface area (Å²) in [5.41, 5.74) is 0.129. The number of hydrogen-bond acceptors (Lipinski definition) is 1. The summed E-state index contributed by atoms with van der Waals surface area (Å²) in [6.07, 6.45) is 2.36.